The number of thiazole rings is 1. The second-order valence-electron chi connectivity index (χ2n) is 6.02. The summed E-state index contributed by atoms with van der Waals surface area (Å²) in [5.41, 5.74) is 1.40. The zero-order chi connectivity index (χ0) is 16.5. The van der Waals surface area contributed by atoms with Crippen molar-refractivity contribution in [2.75, 3.05) is 0 Å². The first-order chi connectivity index (χ1) is 10.9. The molecular formula is C15H15N3O4S. The number of hydrogen-bond donors (Lipinski definition) is 2. The SMILES string of the molecule is C[C@@H]1C(c2csc3nccn23)=C(C(=O)O)N2C(=O)[C@H]([C@@H](C)O)[C@H]12. The molecule has 2 aliphatic heterocycles. The molecule has 0 saturated carbocycles. The second kappa shape index (κ2) is 4.65. The van der Waals surface area contributed by atoms with Crippen LogP contribution in [0.15, 0.2) is 23.5 Å². The monoisotopic (exact) mass is 333 g/mol. The highest BCUT2D eigenvalue weighted by Gasteiger charge is 2.60. The molecule has 0 spiro atoms. The highest BCUT2D eigenvalue weighted by atomic mass is 32.1. The molecule has 0 bridgehead atoms. The number of carboxylic acid groups (broad SMARTS) is 1. The summed E-state index contributed by atoms with van der Waals surface area (Å²) in [5, 5.41) is 21.4. The third-order valence-corrected chi connectivity index (χ3v) is 5.65. The maximum atomic E-state index is 12.3. The number of carbonyl (C=O) groups is 2. The Morgan fingerprint density at radius 2 is 2.22 bits per heavy atom. The van der Waals surface area contributed by atoms with Crippen LogP contribution in [0.4, 0.5) is 0 Å². The lowest BCUT2D eigenvalue weighted by Crippen LogP contribution is -2.63. The van der Waals surface area contributed by atoms with Crippen molar-refractivity contribution in [2.45, 2.75) is 26.0 Å². The minimum Gasteiger partial charge on any atom is -0.477 e. The van der Waals surface area contributed by atoms with Crippen molar-refractivity contribution in [2.24, 2.45) is 11.8 Å². The van der Waals surface area contributed by atoms with E-state index in [1.165, 1.54) is 16.2 Å². The number of aliphatic hydroxyl groups excluding tert-OH is 1. The van der Waals surface area contributed by atoms with Crippen molar-refractivity contribution in [1.29, 1.82) is 0 Å². The van der Waals surface area contributed by atoms with Gasteiger partial charge in [-0.25, -0.2) is 9.78 Å². The van der Waals surface area contributed by atoms with E-state index < -0.39 is 18.0 Å². The van der Waals surface area contributed by atoms with E-state index in [-0.39, 0.29) is 23.6 Å². The van der Waals surface area contributed by atoms with Gasteiger partial charge in [-0.2, -0.15) is 0 Å². The quantitative estimate of drug-likeness (QED) is 0.819. The molecule has 2 aromatic rings. The predicted molar refractivity (Wildman–Crippen MR) is 82.6 cm³/mol. The molecular weight excluding hydrogens is 318 g/mol. The summed E-state index contributed by atoms with van der Waals surface area (Å²) in [5.74, 6) is -2.15. The Balaban J connectivity index is 1.90. The Hall–Kier alpha value is -2.19. The molecule has 4 rings (SSSR count). The van der Waals surface area contributed by atoms with E-state index in [0.717, 1.165) is 10.7 Å². The van der Waals surface area contributed by atoms with Crippen LogP contribution in [0, 0.1) is 11.8 Å². The summed E-state index contributed by atoms with van der Waals surface area (Å²) in [6.45, 7) is 3.48. The Kier molecular flexibility index (Phi) is 2.91. The Morgan fingerprint density at radius 1 is 1.48 bits per heavy atom. The highest BCUT2D eigenvalue weighted by molar-refractivity contribution is 7.15. The number of aliphatic hydroxyl groups is 1. The average molecular weight is 333 g/mol. The van der Waals surface area contributed by atoms with Gasteiger partial charge in [0.2, 0.25) is 5.91 Å². The van der Waals surface area contributed by atoms with E-state index >= 15 is 0 Å². The molecule has 1 amide bonds. The van der Waals surface area contributed by atoms with Crippen LogP contribution in [0.2, 0.25) is 0 Å². The molecule has 0 radical (unpaired) electrons. The number of hydrogen-bond acceptors (Lipinski definition) is 5. The van der Waals surface area contributed by atoms with Crippen LogP contribution in [0.3, 0.4) is 0 Å². The predicted octanol–water partition coefficient (Wildman–Crippen LogP) is 1.05. The number of carbonyl (C=O) groups excluding carboxylic acids is 1. The molecule has 23 heavy (non-hydrogen) atoms. The molecule has 4 heterocycles. The normalized spacial score (nSPS) is 28.2. The molecule has 8 heteroatoms. The fourth-order valence-corrected chi connectivity index (χ4v) is 4.68. The number of β-lactam (4-membered cyclic amide) rings is 1. The highest BCUT2D eigenvalue weighted by Crippen LogP contribution is 2.50. The van der Waals surface area contributed by atoms with Gasteiger partial charge in [-0.1, -0.05) is 6.92 Å². The average Bonchev–Trinajstić information content (AvgIpc) is 3.11. The lowest BCUT2D eigenvalue weighted by molar-refractivity contribution is -0.163. The lowest BCUT2D eigenvalue weighted by atomic mass is 9.77. The van der Waals surface area contributed by atoms with E-state index in [2.05, 4.69) is 4.98 Å². The molecule has 1 fully saturated rings. The molecule has 0 aromatic carbocycles. The lowest BCUT2D eigenvalue weighted by Gasteiger charge is -2.46. The van der Waals surface area contributed by atoms with Crippen molar-refractivity contribution in [3.05, 3.63) is 29.2 Å². The smallest absolute Gasteiger partial charge is 0.352 e. The first-order valence-electron chi connectivity index (χ1n) is 7.33. The number of rotatable bonds is 3. The molecule has 120 valence electrons. The van der Waals surface area contributed by atoms with Gasteiger partial charge in [0.15, 0.2) is 4.96 Å². The number of amides is 1. The van der Waals surface area contributed by atoms with E-state index in [1.54, 1.807) is 19.3 Å². The fraction of sp³-hybridized carbons (Fsp3) is 0.400. The summed E-state index contributed by atoms with van der Waals surface area (Å²) >= 11 is 1.43. The van der Waals surface area contributed by atoms with Gasteiger partial charge in [0.1, 0.15) is 5.70 Å². The van der Waals surface area contributed by atoms with Crippen molar-refractivity contribution in [3.8, 4) is 0 Å². The van der Waals surface area contributed by atoms with E-state index in [0.29, 0.717) is 5.57 Å². The number of aliphatic carboxylic acids is 1. The molecule has 0 unspecified atom stereocenters. The van der Waals surface area contributed by atoms with Gasteiger partial charge < -0.3 is 15.1 Å². The minimum atomic E-state index is -1.12. The third kappa shape index (κ3) is 1.70. The van der Waals surface area contributed by atoms with Gasteiger partial charge in [0, 0.05) is 29.3 Å². The first kappa shape index (κ1) is 14.4. The van der Waals surface area contributed by atoms with Crippen LogP contribution < -0.4 is 0 Å². The largest absolute Gasteiger partial charge is 0.477 e. The standard InChI is InChI=1S/C15H15N3O4S/c1-6-9(8-5-23-15-16-3-4-17(8)15)12(14(21)22)18-11(6)10(7(2)19)13(18)20/h3-7,10-11,19H,1-2H3,(H,21,22)/t6-,7-,10-,11+/m1/s1. The van der Waals surface area contributed by atoms with Crippen LogP contribution >= 0.6 is 11.3 Å². The summed E-state index contributed by atoms with van der Waals surface area (Å²) in [4.78, 5) is 30.4. The van der Waals surface area contributed by atoms with E-state index in [9.17, 15) is 19.8 Å². The molecule has 2 aromatic heterocycles. The van der Waals surface area contributed by atoms with E-state index in [4.69, 9.17) is 0 Å². The zero-order valence-electron chi connectivity index (χ0n) is 12.5. The Morgan fingerprint density at radius 3 is 2.87 bits per heavy atom. The van der Waals surface area contributed by atoms with Crippen molar-refractivity contribution < 1.29 is 19.8 Å². The summed E-state index contributed by atoms with van der Waals surface area (Å²) in [6, 6.07) is -0.304. The van der Waals surface area contributed by atoms with Gasteiger partial charge in [-0.05, 0) is 6.92 Å². The number of nitrogens with zero attached hydrogens (tertiary/aromatic N) is 3. The van der Waals surface area contributed by atoms with Gasteiger partial charge in [0.05, 0.1) is 23.8 Å². The molecule has 2 aliphatic rings. The van der Waals surface area contributed by atoms with Crippen LogP contribution in [0.5, 0.6) is 0 Å². The van der Waals surface area contributed by atoms with Gasteiger partial charge in [0.25, 0.3) is 0 Å². The summed E-state index contributed by atoms with van der Waals surface area (Å²) < 4.78 is 1.84. The third-order valence-electron chi connectivity index (χ3n) is 4.79. The fourth-order valence-electron chi connectivity index (χ4n) is 3.83. The van der Waals surface area contributed by atoms with Crippen LogP contribution in [0.25, 0.3) is 10.5 Å². The number of fused-ring (bicyclic) bond motifs is 2. The minimum absolute atomic E-state index is 0.0257. The molecule has 7 nitrogen and oxygen atoms in total. The zero-order valence-corrected chi connectivity index (χ0v) is 13.3. The van der Waals surface area contributed by atoms with Crippen molar-refractivity contribution >= 4 is 33.7 Å². The maximum Gasteiger partial charge on any atom is 0.352 e. The van der Waals surface area contributed by atoms with Crippen LogP contribution in [0.1, 0.15) is 19.5 Å². The Bertz CT molecular complexity index is 865. The van der Waals surface area contributed by atoms with Gasteiger partial charge in [-0.3, -0.25) is 9.20 Å². The van der Waals surface area contributed by atoms with Gasteiger partial charge in [-0.15, -0.1) is 11.3 Å². The summed E-state index contributed by atoms with van der Waals surface area (Å²) in [7, 11) is 0. The number of carboxylic acids is 1. The van der Waals surface area contributed by atoms with Crippen molar-refractivity contribution in [3.63, 3.8) is 0 Å². The van der Waals surface area contributed by atoms with Crippen molar-refractivity contribution in [1.82, 2.24) is 14.3 Å². The number of imidazole rings is 1. The molecule has 4 atom stereocenters. The molecule has 2 N–H and O–H groups in total. The summed E-state index contributed by atoms with van der Waals surface area (Å²) in [6.07, 6.45) is 2.65. The first-order valence-corrected chi connectivity index (χ1v) is 8.21. The van der Waals surface area contributed by atoms with Crippen LogP contribution in [-0.2, 0) is 9.59 Å². The molecule has 0 aliphatic carbocycles. The topological polar surface area (TPSA) is 95.1 Å². The maximum absolute atomic E-state index is 12.3. The molecule has 1 saturated heterocycles. The number of aromatic nitrogens is 2. The van der Waals surface area contributed by atoms with Crippen LogP contribution in [-0.4, -0.2) is 48.5 Å². The van der Waals surface area contributed by atoms with E-state index in [1.807, 2.05) is 16.7 Å². The van der Waals surface area contributed by atoms with Gasteiger partial charge >= 0.3 is 5.97 Å². The Labute approximate surface area is 135 Å². The second-order valence-corrected chi connectivity index (χ2v) is 6.86.